The Balaban J connectivity index is 2.22. The van der Waals surface area contributed by atoms with Gasteiger partial charge in [0.2, 0.25) is 5.91 Å². The summed E-state index contributed by atoms with van der Waals surface area (Å²) in [7, 11) is 0. The minimum Gasteiger partial charge on any atom is -0.302 e. The summed E-state index contributed by atoms with van der Waals surface area (Å²) in [6.45, 7) is 3.83. The molecule has 1 atom stereocenters. The first-order valence-electron chi connectivity index (χ1n) is 5.34. The van der Waals surface area contributed by atoms with Crippen molar-refractivity contribution in [3.8, 4) is 0 Å². The third-order valence-electron chi connectivity index (χ3n) is 2.45. The van der Waals surface area contributed by atoms with Crippen molar-refractivity contribution in [1.82, 2.24) is 4.98 Å². The molecule has 1 heterocycles. The van der Waals surface area contributed by atoms with Crippen molar-refractivity contribution >= 4 is 44.2 Å². The van der Waals surface area contributed by atoms with E-state index in [1.807, 2.05) is 19.1 Å². The summed E-state index contributed by atoms with van der Waals surface area (Å²) in [5.74, 6) is 0.0248. The molecule has 1 aromatic heterocycles. The van der Waals surface area contributed by atoms with Gasteiger partial charge in [0.25, 0.3) is 0 Å². The molecule has 2 rings (SSSR count). The highest BCUT2D eigenvalue weighted by Gasteiger charge is 2.13. The normalized spacial score (nSPS) is 12.6. The smallest absolute Gasteiger partial charge is 0.230 e. The summed E-state index contributed by atoms with van der Waals surface area (Å²) >= 11 is 7.12. The monoisotopic (exact) mass is 268 g/mol. The molecule has 0 aliphatic heterocycles. The van der Waals surface area contributed by atoms with E-state index in [4.69, 9.17) is 11.6 Å². The maximum Gasteiger partial charge on any atom is 0.230 e. The van der Waals surface area contributed by atoms with E-state index in [1.54, 1.807) is 6.92 Å². The van der Waals surface area contributed by atoms with Crippen molar-refractivity contribution < 1.29 is 4.79 Å². The van der Waals surface area contributed by atoms with Crippen LogP contribution in [0.25, 0.3) is 10.2 Å². The predicted octanol–water partition coefficient (Wildman–Crippen LogP) is 3.42. The molecule has 2 aromatic rings. The summed E-state index contributed by atoms with van der Waals surface area (Å²) < 4.78 is 1.08. The van der Waals surface area contributed by atoms with Crippen LogP contribution < -0.4 is 5.32 Å². The van der Waals surface area contributed by atoms with E-state index in [0.29, 0.717) is 11.0 Å². The molecule has 0 fully saturated rings. The molecule has 3 nitrogen and oxygen atoms in total. The van der Waals surface area contributed by atoms with Crippen molar-refractivity contribution in [1.29, 1.82) is 0 Å². The van der Waals surface area contributed by atoms with Gasteiger partial charge in [0.15, 0.2) is 5.13 Å². The van der Waals surface area contributed by atoms with Crippen molar-refractivity contribution in [2.24, 2.45) is 5.92 Å². The molecule has 1 N–H and O–H groups in total. The summed E-state index contributed by atoms with van der Waals surface area (Å²) in [5.41, 5.74) is 2.10. The molecule has 17 heavy (non-hydrogen) atoms. The Labute approximate surface area is 109 Å². The summed E-state index contributed by atoms with van der Waals surface area (Å²) in [5, 5.41) is 3.42. The van der Waals surface area contributed by atoms with Crippen LogP contribution in [0.1, 0.15) is 12.5 Å². The topological polar surface area (TPSA) is 42.0 Å². The van der Waals surface area contributed by atoms with E-state index in [0.717, 1.165) is 10.2 Å². The van der Waals surface area contributed by atoms with Crippen LogP contribution in [-0.2, 0) is 4.79 Å². The lowest BCUT2D eigenvalue weighted by atomic mass is 10.2. The van der Waals surface area contributed by atoms with Crippen molar-refractivity contribution in [3.05, 3.63) is 23.8 Å². The van der Waals surface area contributed by atoms with Gasteiger partial charge in [0, 0.05) is 11.8 Å². The Bertz CT molecular complexity index is 552. The van der Waals surface area contributed by atoms with Gasteiger partial charge in [-0.25, -0.2) is 4.98 Å². The molecule has 0 bridgehead atoms. The quantitative estimate of drug-likeness (QED) is 0.867. The lowest BCUT2D eigenvalue weighted by Crippen LogP contribution is -2.21. The lowest BCUT2D eigenvalue weighted by molar-refractivity contribution is -0.118. The maximum atomic E-state index is 11.7. The molecule has 1 unspecified atom stereocenters. The van der Waals surface area contributed by atoms with Crippen LogP contribution in [0.5, 0.6) is 0 Å². The van der Waals surface area contributed by atoms with Gasteiger partial charge in [-0.2, -0.15) is 0 Å². The van der Waals surface area contributed by atoms with E-state index < -0.39 is 0 Å². The zero-order chi connectivity index (χ0) is 12.4. The number of nitrogens with one attached hydrogen (secondary N) is 1. The fourth-order valence-electron chi connectivity index (χ4n) is 1.38. The number of carbonyl (C=O) groups excluding carboxylic acids is 1. The Morgan fingerprint density at radius 3 is 3.06 bits per heavy atom. The van der Waals surface area contributed by atoms with Gasteiger partial charge >= 0.3 is 0 Å². The average Bonchev–Trinajstić information content (AvgIpc) is 2.69. The maximum absolute atomic E-state index is 11.7. The Morgan fingerprint density at radius 2 is 2.35 bits per heavy atom. The van der Waals surface area contributed by atoms with Crippen LogP contribution >= 0.6 is 22.9 Å². The Kier molecular flexibility index (Phi) is 3.64. The second-order valence-corrected chi connectivity index (χ2v) is 5.37. The fourth-order valence-corrected chi connectivity index (χ4v) is 2.49. The van der Waals surface area contributed by atoms with Crippen molar-refractivity contribution in [3.63, 3.8) is 0 Å². The number of thiazole rings is 1. The average molecular weight is 269 g/mol. The van der Waals surface area contributed by atoms with Gasteiger partial charge in [0.1, 0.15) is 0 Å². The minimum absolute atomic E-state index is 0.0872. The molecule has 1 amide bonds. The molecular weight excluding hydrogens is 256 g/mol. The molecule has 0 spiro atoms. The molecule has 0 aliphatic carbocycles. The molecule has 0 radical (unpaired) electrons. The first-order valence-corrected chi connectivity index (χ1v) is 6.69. The van der Waals surface area contributed by atoms with Gasteiger partial charge in [-0.3, -0.25) is 4.79 Å². The highest BCUT2D eigenvalue weighted by molar-refractivity contribution is 7.22. The van der Waals surface area contributed by atoms with Crippen LogP contribution in [-0.4, -0.2) is 16.8 Å². The predicted molar refractivity (Wildman–Crippen MR) is 72.9 cm³/mol. The largest absolute Gasteiger partial charge is 0.302 e. The number of hydrogen-bond donors (Lipinski definition) is 1. The lowest BCUT2D eigenvalue weighted by Gasteiger charge is -2.05. The number of amides is 1. The summed E-state index contributed by atoms with van der Waals surface area (Å²) in [4.78, 5) is 16.0. The van der Waals surface area contributed by atoms with Crippen LogP contribution in [0.3, 0.4) is 0 Å². The number of benzene rings is 1. The Hall–Kier alpha value is -1.13. The Morgan fingerprint density at radius 1 is 1.59 bits per heavy atom. The third-order valence-corrected chi connectivity index (χ3v) is 3.85. The zero-order valence-corrected chi connectivity index (χ0v) is 11.2. The summed E-state index contributed by atoms with van der Waals surface area (Å²) in [6, 6.07) is 6.03. The van der Waals surface area contributed by atoms with E-state index in [2.05, 4.69) is 16.4 Å². The number of rotatable bonds is 3. The number of fused-ring (bicyclic) bond motifs is 1. The number of aromatic nitrogens is 1. The highest BCUT2D eigenvalue weighted by atomic mass is 35.5. The second-order valence-electron chi connectivity index (χ2n) is 4.03. The number of nitrogens with zero attached hydrogens (tertiary/aromatic N) is 1. The standard InChI is InChI=1S/C12H13ClN2OS/c1-7-3-4-9-10(5-7)17-12(14-9)15-11(16)8(2)6-13/h3-5,8H,6H2,1-2H3,(H,14,15,16). The molecular formula is C12H13ClN2OS. The second kappa shape index (κ2) is 5.02. The van der Waals surface area contributed by atoms with Crippen LogP contribution in [0.2, 0.25) is 0 Å². The number of hydrogen-bond acceptors (Lipinski definition) is 3. The fraction of sp³-hybridized carbons (Fsp3) is 0.333. The third kappa shape index (κ3) is 2.76. The number of aryl methyl sites for hydroxylation is 1. The molecule has 1 aromatic carbocycles. The van der Waals surface area contributed by atoms with Gasteiger partial charge < -0.3 is 5.32 Å². The zero-order valence-electron chi connectivity index (χ0n) is 9.66. The van der Waals surface area contributed by atoms with E-state index in [-0.39, 0.29) is 11.8 Å². The SMILES string of the molecule is Cc1ccc2nc(NC(=O)C(C)CCl)sc2c1. The summed E-state index contributed by atoms with van der Waals surface area (Å²) in [6.07, 6.45) is 0. The van der Waals surface area contributed by atoms with E-state index in [9.17, 15) is 4.79 Å². The number of halogens is 1. The number of alkyl halides is 1. The van der Waals surface area contributed by atoms with Crippen molar-refractivity contribution in [2.75, 3.05) is 11.2 Å². The van der Waals surface area contributed by atoms with Gasteiger partial charge in [-0.15, -0.1) is 11.6 Å². The van der Waals surface area contributed by atoms with Crippen molar-refractivity contribution in [2.45, 2.75) is 13.8 Å². The molecule has 90 valence electrons. The van der Waals surface area contributed by atoms with Gasteiger partial charge in [-0.05, 0) is 24.6 Å². The first-order chi connectivity index (χ1) is 8.10. The van der Waals surface area contributed by atoms with Gasteiger partial charge in [-0.1, -0.05) is 24.3 Å². The highest BCUT2D eigenvalue weighted by Crippen LogP contribution is 2.26. The number of anilines is 1. The van der Waals surface area contributed by atoms with Crippen LogP contribution in [0.15, 0.2) is 18.2 Å². The van der Waals surface area contributed by atoms with E-state index in [1.165, 1.54) is 16.9 Å². The van der Waals surface area contributed by atoms with Crippen LogP contribution in [0.4, 0.5) is 5.13 Å². The molecule has 0 saturated carbocycles. The van der Waals surface area contributed by atoms with Crippen LogP contribution in [0, 0.1) is 12.8 Å². The van der Waals surface area contributed by atoms with E-state index >= 15 is 0 Å². The number of carbonyl (C=O) groups is 1. The van der Waals surface area contributed by atoms with Gasteiger partial charge in [0.05, 0.1) is 10.2 Å². The molecule has 5 heteroatoms. The minimum atomic E-state index is -0.203. The molecule has 0 aliphatic rings. The molecule has 0 saturated heterocycles. The first kappa shape index (κ1) is 12.3.